The van der Waals surface area contributed by atoms with E-state index in [2.05, 4.69) is 12.2 Å². The number of hydrogen-bond donors (Lipinski definition) is 1. The third kappa shape index (κ3) is 4.78. The zero-order valence-corrected chi connectivity index (χ0v) is 17.4. The Bertz CT molecular complexity index is 699. The van der Waals surface area contributed by atoms with Crippen LogP contribution in [0.1, 0.15) is 52.9 Å². The molecule has 1 aromatic carbocycles. The average Bonchev–Trinajstić information content (AvgIpc) is 3.13. The quantitative estimate of drug-likeness (QED) is 0.779. The van der Waals surface area contributed by atoms with Crippen LogP contribution < -0.4 is 15.0 Å². The van der Waals surface area contributed by atoms with Crippen molar-refractivity contribution in [3.05, 3.63) is 18.2 Å². The Balaban J connectivity index is 1.70. The first-order valence-electron chi connectivity index (χ1n) is 9.91. The van der Waals surface area contributed by atoms with Gasteiger partial charge in [-0.3, -0.25) is 9.59 Å². The summed E-state index contributed by atoms with van der Waals surface area (Å²) in [5.74, 6) is 1.23. The molecule has 1 N–H and O–H groups in total. The van der Waals surface area contributed by atoms with Crippen molar-refractivity contribution in [3.8, 4) is 5.75 Å². The largest absolute Gasteiger partial charge is 0.490 e. The van der Waals surface area contributed by atoms with Crippen LogP contribution in [-0.2, 0) is 9.59 Å². The van der Waals surface area contributed by atoms with Crippen LogP contribution in [0, 0.1) is 5.41 Å². The van der Waals surface area contributed by atoms with Gasteiger partial charge in [0.05, 0.1) is 16.9 Å². The van der Waals surface area contributed by atoms with Gasteiger partial charge in [-0.1, -0.05) is 19.8 Å². The maximum absolute atomic E-state index is 12.9. The zero-order valence-electron chi connectivity index (χ0n) is 16.5. The van der Waals surface area contributed by atoms with E-state index in [0.717, 1.165) is 17.8 Å². The molecule has 1 heterocycles. The number of nitrogens with one attached hydrogen (secondary N) is 1. The fourth-order valence-corrected chi connectivity index (χ4v) is 4.74. The summed E-state index contributed by atoms with van der Waals surface area (Å²) in [6.07, 6.45) is 5.89. The Hall–Kier alpha value is -1.69. The summed E-state index contributed by atoms with van der Waals surface area (Å²) in [5, 5.41) is 3.60. The van der Waals surface area contributed by atoms with Gasteiger partial charge in [-0.2, -0.15) is 0 Å². The molecular formula is C21H30N2O3S. The van der Waals surface area contributed by atoms with E-state index in [9.17, 15) is 9.59 Å². The topological polar surface area (TPSA) is 58.6 Å². The van der Waals surface area contributed by atoms with E-state index < -0.39 is 5.41 Å². The minimum atomic E-state index is -0.574. The summed E-state index contributed by atoms with van der Waals surface area (Å²) in [5.41, 5.74) is 0.926. The third-order valence-electron chi connectivity index (χ3n) is 5.15. The van der Waals surface area contributed by atoms with Gasteiger partial charge in [0.1, 0.15) is 12.4 Å². The molecule has 1 aliphatic carbocycles. The van der Waals surface area contributed by atoms with Gasteiger partial charge in [0, 0.05) is 23.5 Å². The minimum absolute atomic E-state index is 0.0160. The standard InChI is InChI=1S/C21H30N2O3S/c1-4-11-23-17-10-9-15(12-18(17)26-14-21(2,3)20(23)25)22-19(24)13-27-16-7-5-6-8-16/h9-10,12,16H,4-8,11,13-14H2,1-3H3,(H,22,24). The molecule has 1 fully saturated rings. The smallest absolute Gasteiger partial charge is 0.236 e. The zero-order chi connectivity index (χ0) is 19.4. The molecule has 6 heteroatoms. The normalized spacial score (nSPS) is 19.4. The van der Waals surface area contributed by atoms with Gasteiger partial charge < -0.3 is 15.0 Å². The fourth-order valence-electron chi connectivity index (χ4n) is 3.62. The van der Waals surface area contributed by atoms with Crippen LogP contribution >= 0.6 is 11.8 Å². The van der Waals surface area contributed by atoms with E-state index >= 15 is 0 Å². The van der Waals surface area contributed by atoms with Crippen molar-refractivity contribution in [2.45, 2.75) is 58.1 Å². The van der Waals surface area contributed by atoms with Crippen LogP contribution in [0.3, 0.4) is 0 Å². The van der Waals surface area contributed by atoms with Crippen molar-refractivity contribution in [1.82, 2.24) is 0 Å². The number of fused-ring (bicyclic) bond motifs is 1. The molecule has 0 unspecified atom stereocenters. The number of nitrogens with zero attached hydrogens (tertiary/aromatic N) is 1. The number of carbonyl (C=O) groups is 2. The second kappa shape index (κ2) is 8.55. The Morgan fingerprint density at radius 3 is 2.78 bits per heavy atom. The molecule has 0 aromatic heterocycles. The van der Waals surface area contributed by atoms with Crippen LogP contribution in [-0.4, -0.2) is 36.0 Å². The van der Waals surface area contributed by atoms with Crippen LogP contribution in [0.15, 0.2) is 18.2 Å². The maximum atomic E-state index is 12.9. The van der Waals surface area contributed by atoms with Gasteiger partial charge >= 0.3 is 0 Å². The van der Waals surface area contributed by atoms with Crippen LogP contribution in [0.5, 0.6) is 5.75 Å². The molecule has 0 spiro atoms. The Kier molecular flexibility index (Phi) is 6.35. The van der Waals surface area contributed by atoms with Gasteiger partial charge in [0.15, 0.2) is 0 Å². The molecule has 3 rings (SSSR count). The Morgan fingerprint density at radius 1 is 1.33 bits per heavy atom. The highest BCUT2D eigenvalue weighted by Crippen LogP contribution is 2.38. The highest BCUT2D eigenvalue weighted by atomic mass is 32.2. The summed E-state index contributed by atoms with van der Waals surface area (Å²) in [4.78, 5) is 27.0. The van der Waals surface area contributed by atoms with E-state index in [1.165, 1.54) is 25.7 Å². The monoisotopic (exact) mass is 390 g/mol. The van der Waals surface area contributed by atoms with Gasteiger partial charge in [-0.05, 0) is 45.2 Å². The van der Waals surface area contributed by atoms with E-state index in [4.69, 9.17) is 4.74 Å². The van der Waals surface area contributed by atoms with Crippen molar-refractivity contribution in [2.24, 2.45) is 5.41 Å². The SMILES string of the molecule is CCCN1C(=O)C(C)(C)COc2cc(NC(=O)CSC3CCCC3)ccc21. The summed E-state index contributed by atoms with van der Waals surface area (Å²) >= 11 is 1.75. The van der Waals surface area contributed by atoms with Crippen molar-refractivity contribution >= 4 is 35.0 Å². The third-order valence-corrected chi connectivity index (χ3v) is 6.52. The van der Waals surface area contributed by atoms with Gasteiger partial charge in [-0.25, -0.2) is 0 Å². The number of amides is 2. The highest BCUT2D eigenvalue weighted by molar-refractivity contribution is 8.00. The molecule has 0 saturated heterocycles. The lowest BCUT2D eigenvalue weighted by Gasteiger charge is -2.27. The number of thioether (sulfide) groups is 1. The van der Waals surface area contributed by atoms with Gasteiger partial charge in [-0.15, -0.1) is 11.8 Å². The lowest BCUT2D eigenvalue weighted by atomic mass is 9.93. The lowest BCUT2D eigenvalue weighted by molar-refractivity contribution is -0.127. The van der Waals surface area contributed by atoms with Crippen LogP contribution in [0.2, 0.25) is 0 Å². The number of benzene rings is 1. The number of rotatable bonds is 6. The highest BCUT2D eigenvalue weighted by Gasteiger charge is 2.37. The van der Waals surface area contributed by atoms with E-state index in [0.29, 0.717) is 29.9 Å². The van der Waals surface area contributed by atoms with Crippen molar-refractivity contribution in [3.63, 3.8) is 0 Å². The predicted octanol–water partition coefficient (Wildman–Crippen LogP) is 4.46. The van der Waals surface area contributed by atoms with Crippen LogP contribution in [0.25, 0.3) is 0 Å². The molecule has 5 nitrogen and oxygen atoms in total. The first-order valence-corrected chi connectivity index (χ1v) is 11.0. The molecule has 0 radical (unpaired) electrons. The minimum Gasteiger partial charge on any atom is -0.490 e. The lowest BCUT2D eigenvalue weighted by Crippen LogP contribution is -2.42. The molecule has 0 atom stereocenters. The first kappa shape index (κ1) is 20.1. The van der Waals surface area contributed by atoms with Crippen LogP contribution in [0.4, 0.5) is 11.4 Å². The molecule has 2 amide bonds. The van der Waals surface area contributed by atoms with Gasteiger partial charge in [0.2, 0.25) is 11.8 Å². The van der Waals surface area contributed by atoms with E-state index in [1.807, 2.05) is 36.9 Å². The average molecular weight is 391 g/mol. The second-order valence-electron chi connectivity index (χ2n) is 8.08. The maximum Gasteiger partial charge on any atom is 0.236 e. The first-order chi connectivity index (χ1) is 12.9. The Labute approximate surface area is 166 Å². The molecule has 1 saturated carbocycles. The number of hydrogen-bond acceptors (Lipinski definition) is 4. The molecule has 27 heavy (non-hydrogen) atoms. The summed E-state index contributed by atoms with van der Waals surface area (Å²) < 4.78 is 5.96. The summed E-state index contributed by atoms with van der Waals surface area (Å²) in [6.45, 7) is 6.86. The van der Waals surface area contributed by atoms with E-state index in [-0.39, 0.29) is 11.8 Å². The molecule has 148 valence electrons. The fraction of sp³-hybridized carbons (Fsp3) is 0.619. The number of anilines is 2. The van der Waals surface area contributed by atoms with E-state index in [1.54, 1.807) is 11.8 Å². The number of carbonyl (C=O) groups excluding carboxylic acids is 2. The molecule has 1 aliphatic heterocycles. The Morgan fingerprint density at radius 2 is 2.07 bits per heavy atom. The van der Waals surface area contributed by atoms with Gasteiger partial charge in [0.25, 0.3) is 0 Å². The molecular weight excluding hydrogens is 360 g/mol. The predicted molar refractivity (Wildman–Crippen MR) is 112 cm³/mol. The molecule has 2 aliphatic rings. The molecule has 0 bridgehead atoms. The second-order valence-corrected chi connectivity index (χ2v) is 9.37. The molecule has 1 aromatic rings. The van der Waals surface area contributed by atoms with Crippen molar-refractivity contribution < 1.29 is 14.3 Å². The number of ether oxygens (including phenoxy) is 1. The summed E-state index contributed by atoms with van der Waals surface area (Å²) in [7, 11) is 0. The summed E-state index contributed by atoms with van der Waals surface area (Å²) in [6, 6.07) is 5.57. The van der Waals surface area contributed by atoms with Crippen molar-refractivity contribution in [2.75, 3.05) is 29.1 Å². The van der Waals surface area contributed by atoms with Crippen molar-refractivity contribution in [1.29, 1.82) is 0 Å².